The highest BCUT2D eigenvalue weighted by molar-refractivity contribution is 5.46. The van der Waals surface area contributed by atoms with E-state index in [9.17, 15) is 0 Å². The Labute approximate surface area is 106 Å². The van der Waals surface area contributed by atoms with Crippen LogP contribution in [0.4, 0.5) is 5.69 Å². The largest absolute Gasteiger partial charge is 0.372 e. The zero-order valence-electron chi connectivity index (χ0n) is 11.5. The Morgan fingerprint density at radius 2 is 1.53 bits per heavy atom. The van der Waals surface area contributed by atoms with Crippen LogP contribution >= 0.6 is 0 Å². The van der Waals surface area contributed by atoms with Crippen molar-refractivity contribution >= 4 is 5.69 Å². The highest BCUT2D eigenvalue weighted by atomic mass is 16.5. The highest BCUT2D eigenvalue weighted by Crippen LogP contribution is 2.19. The van der Waals surface area contributed by atoms with E-state index < -0.39 is 0 Å². The van der Waals surface area contributed by atoms with Crippen molar-refractivity contribution in [3.05, 3.63) is 30.3 Å². The van der Waals surface area contributed by atoms with Crippen LogP contribution in [0.25, 0.3) is 0 Å². The van der Waals surface area contributed by atoms with Crippen molar-refractivity contribution in [2.75, 3.05) is 18.0 Å². The fourth-order valence-corrected chi connectivity index (χ4v) is 2.03. The molecule has 1 fully saturated rings. The quantitative estimate of drug-likeness (QED) is 0.735. The van der Waals surface area contributed by atoms with Crippen LogP contribution in [0.2, 0.25) is 0 Å². The summed E-state index contributed by atoms with van der Waals surface area (Å²) in [6.45, 7) is 10.5. The van der Waals surface area contributed by atoms with Crippen molar-refractivity contribution in [3.63, 3.8) is 0 Å². The Kier molecular flexibility index (Phi) is 6.06. The Morgan fingerprint density at radius 1 is 1.06 bits per heavy atom. The minimum Gasteiger partial charge on any atom is -0.372 e. The van der Waals surface area contributed by atoms with Gasteiger partial charge in [0.25, 0.3) is 0 Å². The number of hydrogen-bond donors (Lipinski definition) is 0. The lowest BCUT2D eigenvalue weighted by Gasteiger charge is -2.36. The molecule has 1 aromatic carbocycles. The van der Waals surface area contributed by atoms with E-state index in [2.05, 4.69) is 62.9 Å². The van der Waals surface area contributed by atoms with Gasteiger partial charge in [0.1, 0.15) is 0 Å². The van der Waals surface area contributed by atoms with Gasteiger partial charge in [-0.3, -0.25) is 0 Å². The molecule has 1 aliphatic heterocycles. The van der Waals surface area contributed by atoms with Gasteiger partial charge in [-0.15, -0.1) is 0 Å². The van der Waals surface area contributed by atoms with Gasteiger partial charge in [-0.1, -0.05) is 38.5 Å². The number of rotatable bonds is 1. The van der Waals surface area contributed by atoms with Gasteiger partial charge in [0.2, 0.25) is 0 Å². The predicted molar refractivity (Wildman–Crippen MR) is 74.6 cm³/mol. The van der Waals surface area contributed by atoms with Gasteiger partial charge >= 0.3 is 0 Å². The number of morpholine rings is 1. The third-order valence-corrected chi connectivity index (χ3v) is 2.54. The van der Waals surface area contributed by atoms with Gasteiger partial charge in [0.05, 0.1) is 12.2 Å². The summed E-state index contributed by atoms with van der Waals surface area (Å²) in [4.78, 5) is 2.39. The van der Waals surface area contributed by atoms with E-state index in [1.54, 1.807) is 0 Å². The first-order valence-corrected chi connectivity index (χ1v) is 6.62. The third kappa shape index (κ3) is 4.78. The molecule has 0 unspecified atom stereocenters. The Balaban J connectivity index is 0.000000437. The van der Waals surface area contributed by atoms with Gasteiger partial charge in [-0.2, -0.15) is 0 Å². The molecule has 96 valence electrons. The van der Waals surface area contributed by atoms with Crippen LogP contribution in [0, 0.1) is 0 Å². The SMILES string of the molecule is CCC.C[C@@H]1CN(c2ccccc2)C[C@H](C)O1. The lowest BCUT2D eigenvalue weighted by atomic mass is 10.2. The van der Waals surface area contributed by atoms with Crippen LogP contribution in [0.5, 0.6) is 0 Å². The lowest BCUT2D eigenvalue weighted by Crippen LogP contribution is -2.45. The normalized spacial score (nSPS) is 23.9. The van der Waals surface area contributed by atoms with E-state index in [4.69, 9.17) is 4.74 Å². The number of para-hydroxylation sites is 1. The molecule has 1 saturated heterocycles. The van der Waals surface area contributed by atoms with E-state index in [1.165, 1.54) is 12.1 Å². The molecule has 2 nitrogen and oxygen atoms in total. The Bertz CT molecular complexity index is 289. The fraction of sp³-hybridized carbons (Fsp3) is 0.600. The van der Waals surface area contributed by atoms with Crippen LogP contribution < -0.4 is 4.90 Å². The van der Waals surface area contributed by atoms with Gasteiger partial charge in [-0.25, -0.2) is 0 Å². The summed E-state index contributed by atoms with van der Waals surface area (Å²) >= 11 is 0. The van der Waals surface area contributed by atoms with E-state index in [0.29, 0.717) is 12.2 Å². The summed E-state index contributed by atoms with van der Waals surface area (Å²) in [5.41, 5.74) is 1.30. The fourth-order valence-electron chi connectivity index (χ4n) is 2.03. The predicted octanol–water partition coefficient (Wildman–Crippen LogP) is 3.72. The molecule has 0 amide bonds. The average Bonchev–Trinajstić information content (AvgIpc) is 2.30. The zero-order valence-corrected chi connectivity index (χ0v) is 11.5. The van der Waals surface area contributed by atoms with Crippen LogP contribution in [0.15, 0.2) is 30.3 Å². The molecule has 0 aromatic heterocycles. The summed E-state index contributed by atoms with van der Waals surface area (Å²) < 4.78 is 5.70. The monoisotopic (exact) mass is 235 g/mol. The van der Waals surface area contributed by atoms with Crippen molar-refractivity contribution in [2.24, 2.45) is 0 Å². The maximum absolute atomic E-state index is 5.70. The Morgan fingerprint density at radius 3 is 2.00 bits per heavy atom. The average molecular weight is 235 g/mol. The minimum absolute atomic E-state index is 0.332. The first-order valence-electron chi connectivity index (χ1n) is 6.62. The molecule has 0 bridgehead atoms. The summed E-state index contributed by atoms with van der Waals surface area (Å²) in [7, 11) is 0. The van der Waals surface area contributed by atoms with Gasteiger partial charge < -0.3 is 9.64 Å². The maximum atomic E-state index is 5.70. The second kappa shape index (κ2) is 7.33. The van der Waals surface area contributed by atoms with Crippen LogP contribution in [-0.2, 0) is 4.74 Å². The summed E-state index contributed by atoms with van der Waals surface area (Å²) in [6.07, 6.45) is 1.91. The second-order valence-electron chi connectivity index (χ2n) is 4.70. The maximum Gasteiger partial charge on any atom is 0.0726 e. The zero-order chi connectivity index (χ0) is 12.7. The molecule has 2 atom stereocenters. The molecule has 0 aliphatic carbocycles. The van der Waals surface area contributed by atoms with E-state index in [1.807, 2.05) is 0 Å². The number of hydrogen-bond acceptors (Lipinski definition) is 2. The third-order valence-electron chi connectivity index (χ3n) is 2.54. The standard InChI is InChI=1S/C12H17NO.C3H8/c1-10-8-13(9-11(2)14-10)12-6-4-3-5-7-12;1-3-2/h3-7,10-11H,8-9H2,1-2H3;3H2,1-2H3/t10-,11+;. The number of benzene rings is 1. The molecular formula is C15H25NO. The van der Waals surface area contributed by atoms with Crippen molar-refractivity contribution in [2.45, 2.75) is 46.3 Å². The smallest absolute Gasteiger partial charge is 0.0726 e. The molecule has 0 spiro atoms. The topological polar surface area (TPSA) is 12.5 Å². The van der Waals surface area contributed by atoms with Crippen LogP contribution in [0.1, 0.15) is 34.1 Å². The molecule has 17 heavy (non-hydrogen) atoms. The second-order valence-corrected chi connectivity index (χ2v) is 4.70. The molecule has 0 N–H and O–H groups in total. The van der Waals surface area contributed by atoms with Crippen molar-refractivity contribution in [3.8, 4) is 0 Å². The molecular weight excluding hydrogens is 210 g/mol. The molecule has 2 heteroatoms. The lowest BCUT2D eigenvalue weighted by molar-refractivity contribution is -0.00521. The molecule has 0 saturated carbocycles. The number of nitrogens with zero attached hydrogens (tertiary/aromatic N) is 1. The van der Waals surface area contributed by atoms with E-state index in [-0.39, 0.29) is 0 Å². The number of anilines is 1. The molecule has 1 heterocycles. The number of ether oxygens (including phenoxy) is 1. The van der Waals surface area contributed by atoms with Gasteiger partial charge in [0, 0.05) is 18.8 Å². The summed E-state index contributed by atoms with van der Waals surface area (Å²) in [5, 5.41) is 0. The Hall–Kier alpha value is -1.02. The molecule has 1 aliphatic rings. The van der Waals surface area contributed by atoms with Crippen LogP contribution in [0.3, 0.4) is 0 Å². The first kappa shape index (κ1) is 14.0. The first-order chi connectivity index (χ1) is 8.17. The summed E-state index contributed by atoms with van der Waals surface area (Å²) in [6, 6.07) is 10.5. The molecule has 2 rings (SSSR count). The van der Waals surface area contributed by atoms with E-state index >= 15 is 0 Å². The van der Waals surface area contributed by atoms with Gasteiger partial charge in [-0.05, 0) is 26.0 Å². The molecule has 1 aromatic rings. The van der Waals surface area contributed by atoms with E-state index in [0.717, 1.165) is 13.1 Å². The van der Waals surface area contributed by atoms with Crippen molar-refractivity contribution in [1.82, 2.24) is 0 Å². The van der Waals surface area contributed by atoms with Gasteiger partial charge in [0.15, 0.2) is 0 Å². The highest BCUT2D eigenvalue weighted by Gasteiger charge is 2.21. The van der Waals surface area contributed by atoms with Crippen molar-refractivity contribution in [1.29, 1.82) is 0 Å². The van der Waals surface area contributed by atoms with Crippen molar-refractivity contribution < 1.29 is 4.74 Å². The van der Waals surface area contributed by atoms with Crippen LogP contribution in [-0.4, -0.2) is 25.3 Å². The molecule has 0 radical (unpaired) electrons. The minimum atomic E-state index is 0.332. The summed E-state index contributed by atoms with van der Waals surface area (Å²) in [5.74, 6) is 0.